The fourth-order valence-electron chi connectivity index (χ4n) is 3.91. The summed E-state index contributed by atoms with van der Waals surface area (Å²) in [4.78, 5) is 46.2. The van der Waals surface area contributed by atoms with Crippen molar-refractivity contribution in [2.75, 3.05) is 42.7 Å². The van der Waals surface area contributed by atoms with Crippen molar-refractivity contribution in [1.29, 1.82) is 0 Å². The first-order valence-electron chi connectivity index (χ1n) is 10.5. The highest BCUT2D eigenvalue weighted by molar-refractivity contribution is 5.80. The van der Waals surface area contributed by atoms with Crippen LogP contribution in [0.3, 0.4) is 0 Å². The van der Waals surface area contributed by atoms with Crippen molar-refractivity contribution in [3.05, 3.63) is 20.8 Å². The van der Waals surface area contributed by atoms with E-state index in [-0.39, 0.29) is 30.5 Å². The molecule has 0 radical (unpaired) electrons. The quantitative estimate of drug-likeness (QED) is 0.602. The smallest absolute Gasteiger partial charge is 0.327 e. The maximum Gasteiger partial charge on any atom is 0.493 e. The second kappa shape index (κ2) is 9.48. The van der Waals surface area contributed by atoms with Crippen LogP contribution in [0.25, 0.3) is 0 Å². The van der Waals surface area contributed by atoms with E-state index in [9.17, 15) is 27.6 Å². The van der Waals surface area contributed by atoms with Gasteiger partial charge in [0, 0.05) is 39.8 Å². The first kappa shape index (κ1) is 24.7. The summed E-state index contributed by atoms with van der Waals surface area (Å²) >= 11 is 0. The minimum Gasteiger partial charge on any atom is -0.327 e. The van der Waals surface area contributed by atoms with Crippen molar-refractivity contribution < 1.29 is 22.8 Å². The number of hydrogen-bond acceptors (Lipinski definition) is 8. The monoisotopic (exact) mass is 472 g/mol. The number of nitrogens with zero attached hydrogens (tertiary/aromatic N) is 5. The van der Waals surface area contributed by atoms with Gasteiger partial charge in [-0.25, -0.2) is 9.59 Å². The number of rotatable bonds is 5. The van der Waals surface area contributed by atoms with Crippen LogP contribution in [0.1, 0.15) is 20.8 Å². The average molecular weight is 472 g/mol. The molecule has 13 heteroatoms. The van der Waals surface area contributed by atoms with Crippen molar-refractivity contribution in [2.45, 2.75) is 39.8 Å². The number of hydrogen-bond donors (Lipinski definition) is 1. The summed E-state index contributed by atoms with van der Waals surface area (Å²) in [6.45, 7) is 7.20. The number of piperazine rings is 1. The zero-order valence-corrected chi connectivity index (χ0v) is 18.9. The lowest BCUT2D eigenvalue weighted by atomic mass is 10.2. The van der Waals surface area contributed by atoms with Crippen LogP contribution in [0.4, 0.5) is 24.7 Å². The number of alkyl halides is 3. The normalized spacial score (nSPS) is 18.8. The van der Waals surface area contributed by atoms with Crippen LogP contribution in [0.2, 0.25) is 0 Å². The first-order chi connectivity index (χ1) is 15.5. The highest BCUT2D eigenvalue weighted by atomic mass is 19.4. The van der Waals surface area contributed by atoms with Crippen molar-refractivity contribution in [2.24, 2.45) is 13.0 Å². The van der Waals surface area contributed by atoms with E-state index < -0.39 is 29.7 Å². The van der Waals surface area contributed by atoms with Gasteiger partial charge in [0.15, 0.2) is 17.8 Å². The molecule has 1 N–H and O–H groups in total. The molecule has 182 valence electrons. The van der Waals surface area contributed by atoms with Crippen LogP contribution in [0, 0.1) is 17.8 Å². The number of carbonyl (C=O) groups excluding carboxylic acids is 1. The van der Waals surface area contributed by atoms with Gasteiger partial charge < -0.3 is 15.1 Å². The molecule has 33 heavy (non-hydrogen) atoms. The van der Waals surface area contributed by atoms with Crippen LogP contribution in [0.5, 0.6) is 0 Å². The van der Waals surface area contributed by atoms with Gasteiger partial charge in [-0.05, 0) is 12.8 Å². The molecule has 1 saturated heterocycles. The number of fused-ring (bicyclic) bond motifs is 1. The Bertz CT molecular complexity index is 1080. The van der Waals surface area contributed by atoms with Crippen LogP contribution in [-0.2, 0) is 23.2 Å². The highest BCUT2D eigenvalue weighted by Crippen LogP contribution is 2.39. The molecule has 2 aliphatic heterocycles. The fraction of sp³-hybridized carbons (Fsp3) is 0.650. The summed E-state index contributed by atoms with van der Waals surface area (Å²) in [5.41, 5.74) is -1.47. The van der Waals surface area contributed by atoms with Gasteiger partial charge in [0.05, 0.1) is 6.54 Å². The van der Waals surface area contributed by atoms with E-state index in [1.54, 1.807) is 11.8 Å². The van der Waals surface area contributed by atoms with E-state index in [4.69, 9.17) is 4.84 Å². The molecule has 1 aromatic rings. The molecule has 0 aromatic carbocycles. The van der Waals surface area contributed by atoms with Gasteiger partial charge in [-0.15, -0.1) is 11.0 Å². The zero-order chi connectivity index (χ0) is 24.5. The third-order valence-corrected chi connectivity index (χ3v) is 5.34. The Morgan fingerprint density at radius 3 is 2.42 bits per heavy atom. The third kappa shape index (κ3) is 4.72. The van der Waals surface area contributed by atoms with E-state index >= 15 is 0 Å². The molecule has 3 rings (SSSR count). The van der Waals surface area contributed by atoms with Gasteiger partial charge in [-0.2, -0.15) is 13.2 Å². The Morgan fingerprint density at radius 1 is 1.24 bits per heavy atom. The molecular weight excluding hydrogens is 445 g/mol. The van der Waals surface area contributed by atoms with Gasteiger partial charge >= 0.3 is 17.8 Å². The molecule has 1 atom stereocenters. The molecule has 0 aliphatic carbocycles. The summed E-state index contributed by atoms with van der Waals surface area (Å²) < 4.78 is 41.6. The predicted octanol–water partition coefficient (Wildman–Crippen LogP) is 0.0620. The van der Waals surface area contributed by atoms with Crippen LogP contribution in [-0.4, -0.2) is 65.2 Å². The van der Waals surface area contributed by atoms with E-state index in [0.29, 0.717) is 26.2 Å². The van der Waals surface area contributed by atoms with Gasteiger partial charge in [0.1, 0.15) is 0 Å². The van der Waals surface area contributed by atoms with Crippen molar-refractivity contribution in [1.82, 2.24) is 19.4 Å². The molecule has 10 nitrogen and oxygen atoms in total. The Hall–Kier alpha value is -2.98. The maximum atomic E-state index is 13.2. The third-order valence-electron chi connectivity index (χ3n) is 5.34. The Labute approximate surface area is 188 Å². The molecule has 0 saturated carbocycles. The van der Waals surface area contributed by atoms with Crippen LogP contribution >= 0.6 is 0 Å². The van der Waals surface area contributed by atoms with Crippen LogP contribution < -0.4 is 26.5 Å². The molecule has 3 heterocycles. The molecule has 1 aromatic heterocycles. The maximum absolute atomic E-state index is 13.2. The number of anilines is 2. The van der Waals surface area contributed by atoms with Crippen molar-refractivity contribution in [3.63, 3.8) is 0 Å². The average Bonchev–Trinajstić information content (AvgIpc) is 3.07. The van der Waals surface area contributed by atoms with Crippen molar-refractivity contribution >= 4 is 17.5 Å². The minimum atomic E-state index is -5.27. The van der Waals surface area contributed by atoms with Gasteiger partial charge in [0.25, 0.3) is 5.56 Å². The summed E-state index contributed by atoms with van der Waals surface area (Å²) in [6.07, 6.45) is -6.35. The lowest BCUT2D eigenvalue weighted by Gasteiger charge is -2.40. The number of aromatic nitrogens is 2. The molecule has 0 spiro atoms. The highest BCUT2D eigenvalue weighted by Gasteiger charge is 2.50. The Kier molecular flexibility index (Phi) is 7.08. The predicted molar refractivity (Wildman–Crippen MR) is 114 cm³/mol. The summed E-state index contributed by atoms with van der Waals surface area (Å²) in [6, 6.07) is 0. The zero-order valence-electron chi connectivity index (χ0n) is 18.9. The molecule has 2 aliphatic rings. The topological polar surface area (TPSA) is 92.0 Å². The van der Waals surface area contributed by atoms with Crippen LogP contribution in [0.15, 0.2) is 9.59 Å². The summed E-state index contributed by atoms with van der Waals surface area (Å²) in [7, 11) is 1.30. The van der Waals surface area contributed by atoms with E-state index in [0.717, 1.165) is 9.63 Å². The van der Waals surface area contributed by atoms with Gasteiger partial charge in [-0.1, -0.05) is 19.8 Å². The SMILES string of the molecule is CC#CCN1c2c(n(CC(C)C)c(=O)n(C)c2=O)N(OC(=O)C(F)(F)F)C1N1CCNCC1. The number of nitrogens with one attached hydrogen (secondary N) is 1. The molecule has 1 unspecified atom stereocenters. The molecule has 0 bridgehead atoms. The molecule has 1 fully saturated rings. The second-order valence-corrected chi connectivity index (χ2v) is 8.21. The minimum absolute atomic E-state index is 0.0205. The standard InChI is InChI=1S/C20H27F3N6O4/c1-5-6-9-27-14-15(28(12-13(2)3)19(32)25(4)16(14)30)29(33-17(31)20(21,22)23)18(27)26-10-7-24-8-11-26/h13,18,24H,7-12H2,1-4H3. The van der Waals surface area contributed by atoms with Crippen molar-refractivity contribution in [3.8, 4) is 11.8 Å². The number of hydroxylamine groups is 1. The fourth-order valence-corrected chi connectivity index (χ4v) is 3.91. The largest absolute Gasteiger partial charge is 0.493 e. The van der Waals surface area contributed by atoms with E-state index in [1.165, 1.54) is 16.5 Å². The van der Waals surface area contributed by atoms with Gasteiger partial charge in [-0.3, -0.25) is 18.8 Å². The number of carbonyl (C=O) groups is 1. The van der Waals surface area contributed by atoms with E-state index in [1.807, 2.05) is 13.8 Å². The Balaban J connectivity index is 2.29. The summed E-state index contributed by atoms with van der Waals surface area (Å²) in [5, 5.41) is 3.90. The van der Waals surface area contributed by atoms with E-state index in [2.05, 4.69) is 17.2 Å². The second-order valence-electron chi connectivity index (χ2n) is 8.21. The molecule has 0 amide bonds. The lowest BCUT2D eigenvalue weighted by molar-refractivity contribution is -0.203. The van der Waals surface area contributed by atoms with Gasteiger partial charge in [0.2, 0.25) is 0 Å². The molecular formula is C20H27F3N6O4. The number of halogens is 3. The lowest BCUT2D eigenvalue weighted by Crippen LogP contribution is -2.61. The first-order valence-corrected chi connectivity index (χ1v) is 10.5. The summed E-state index contributed by atoms with van der Waals surface area (Å²) in [5.74, 6) is 2.83. The Morgan fingerprint density at radius 2 is 1.88 bits per heavy atom.